The van der Waals surface area contributed by atoms with Crippen LogP contribution < -0.4 is 5.73 Å². The lowest BCUT2D eigenvalue weighted by atomic mass is 10.0. The third-order valence-corrected chi connectivity index (χ3v) is 2.57. The van der Waals surface area contributed by atoms with Crippen molar-refractivity contribution in [2.24, 2.45) is 11.7 Å². The second-order valence-corrected chi connectivity index (χ2v) is 3.41. The van der Waals surface area contributed by atoms with E-state index in [0.717, 1.165) is 6.42 Å². The van der Waals surface area contributed by atoms with Crippen molar-refractivity contribution in [3.05, 3.63) is 35.4 Å². The van der Waals surface area contributed by atoms with Crippen molar-refractivity contribution in [3.63, 3.8) is 0 Å². The maximum absolute atomic E-state index is 5.99. The van der Waals surface area contributed by atoms with Crippen LogP contribution in [0.2, 0.25) is 0 Å². The molecular formula is C10H14ClN. The fourth-order valence-electron chi connectivity index (χ4n) is 1.83. The van der Waals surface area contributed by atoms with E-state index in [1.165, 1.54) is 11.1 Å². The van der Waals surface area contributed by atoms with Gasteiger partial charge < -0.3 is 5.73 Å². The summed E-state index contributed by atoms with van der Waals surface area (Å²) in [5, 5.41) is 0. The summed E-state index contributed by atoms with van der Waals surface area (Å²) in [5.41, 5.74) is 8.77. The van der Waals surface area contributed by atoms with Crippen LogP contribution in [0.15, 0.2) is 24.3 Å². The van der Waals surface area contributed by atoms with Gasteiger partial charge in [-0.05, 0) is 23.5 Å². The van der Waals surface area contributed by atoms with Gasteiger partial charge in [-0.25, -0.2) is 0 Å². The average Bonchev–Trinajstić information content (AvgIpc) is 2.30. The molecule has 2 N–H and O–H groups in total. The molecule has 2 rings (SSSR count). The molecule has 0 saturated heterocycles. The molecule has 1 aliphatic carbocycles. The molecule has 2 heteroatoms. The summed E-state index contributed by atoms with van der Waals surface area (Å²) >= 11 is 0. The Hall–Kier alpha value is -0.530. The lowest BCUT2D eigenvalue weighted by Crippen LogP contribution is -2.13. The Morgan fingerprint density at radius 1 is 1.33 bits per heavy atom. The van der Waals surface area contributed by atoms with Gasteiger partial charge in [-0.1, -0.05) is 31.2 Å². The number of hydrogen-bond acceptors (Lipinski definition) is 1. The molecule has 0 heterocycles. The summed E-state index contributed by atoms with van der Waals surface area (Å²) in [6.45, 7) is 2.21. The number of halogens is 1. The number of hydrogen-bond donors (Lipinski definition) is 1. The maximum atomic E-state index is 5.99. The Morgan fingerprint density at radius 3 is 2.67 bits per heavy atom. The van der Waals surface area contributed by atoms with Gasteiger partial charge in [0.15, 0.2) is 0 Å². The van der Waals surface area contributed by atoms with Gasteiger partial charge in [0.1, 0.15) is 0 Å². The zero-order chi connectivity index (χ0) is 7.84. The Kier molecular flexibility index (Phi) is 2.76. The highest BCUT2D eigenvalue weighted by molar-refractivity contribution is 5.85. The molecule has 1 aromatic rings. The number of rotatable bonds is 0. The average molecular weight is 184 g/mol. The Balaban J connectivity index is 0.000000720. The van der Waals surface area contributed by atoms with Crippen LogP contribution in [-0.4, -0.2) is 0 Å². The molecule has 12 heavy (non-hydrogen) atoms. The van der Waals surface area contributed by atoms with Crippen molar-refractivity contribution in [1.29, 1.82) is 0 Å². The van der Waals surface area contributed by atoms with Gasteiger partial charge in [0, 0.05) is 6.04 Å². The SMILES string of the molecule is C[C@H]1Cc2ccccc2C1N.Cl. The van der Waals surface area contributed by atoms with E-state index < -0.39 is 0 Å². The first-order valence-electron chi connectivity index (χ1n) is 4.12. The molecule has 0 fully saturated rings. The summed E-state index contributed by atoms with van der Waals surface area (Å²) in [6, 6.07) is 8.74. The Labute approximate surface area is 79.4 Å². The smallest absolute Gasteiger partial charge is 0.0326 e. The van der Waals surface area contributed by atoms with E-state index in [-0.39, 0.29) is 18.4 Å². The topological polar surface area (TPSA) is 26.0 Å². The summed E-state index contributed by atoms with van der Waals surface area (Å²) < 4.78 is 0. The van der Waals surface area contributed by atoms with E-state index in [4.69, 9.17) is 5.73 Å². The van der Waals surface area contributed by atoms with Crippen molar-refractivity contribution in [2.45, 2.75) is 19.4 Å². The third-order valence-electron chi connectivity index (χ3n) is 2.57. The Morgan fingerprint density at radius 2 is 2.00 bits per heavy atom. The monoisotopic (exact) mass is 183 g/mol. The van der Waals surface area contributed by atoms with Crippen molar-refractivity contribution in [3.8, 4) is 0 Å². The maximum Gasteiger partial charge on any atom is 0.0326 e. The number of nitrogens with two attached hydrogens (primary N) is 1. The van der Waals surface area contributed by atoms with Crippen molar-refractivity contribution in [1.82, 2.24) is 0 Å². The summed E-state index contributed by atoms with van der Waals surface area (Å²) in [4.78, 5) is 0. The van der Waals surface area contributed by atoms with Gasteiger partial charge in [-0.15, -0.1) is 12.4 Å². The zero-order valence-corrected chi connectivity index (χ0v) is 7.97. The van der Waals surface area contributed by atoms with Crippen LogP contribution in [0.1, 0.15) is 24.1 Å². The second-order valence-electron chi connectivity index (χ2n) is 3.41. The minimum atomic E-state index is 0. The van der Waals surface area contributed by atoms with Crippen molar-refractivity contribution < 1.29 is 0 Å². The molecule has 1 aromatic carbocycles. The van der Waals surface area contributed by atoms with Gasteiger partial charge in [0.2, 0.25) is 0 Å². The first kappa shape index (κ1) is 9.56. The van der Waals surface area contributed by atoms with E-state index in [1.54, 1.807) is 0 Å². The quantitative estimate of drug-likeness (QED) is 0.657. The van der Waals surface area contributed by atoms with E-state index in [9.17, 15) is 0 Å². The molecule has 2 atom stereocenters. The minimum absolute atomic E-state index is 0. The number of fused-ring (bicyclic) bond motifs is 1. The van der Waals surface area contributed by atoms with Crippen LogP contribution in [0.3, 0.4) is 0 Å². The molecule has 0 radical (unpaired) electrons. The van der Waals surface area contributed by atoms with Gasteiger partial charge in [-0.3, -0.25) is 0 Å². The summed E-state index contributed by atoms with van der Waals surface area (Å²) in [7, 11) is 0. The predicted molar refractivity (Wildman–Crippen MR) is 53.5 cm³/mol. The molecular weight excluding hydrogens is 170 g/mol. The predicted octanol–water partition coefficient (Wildman–Crippen LogP) is 2.30. The highest BCUT2D eigenvalue weighted by atomic mass is 35.5. The third kappa shape index (κ3) is 1.35. The standard InChI is InChI=1S/C10H13N.ClH/c1-7-6-8-4-2-3-5-9(8)10(7)11;/h2-5,7,10H,6,11H2,1H3;1H/t7-,10?;/m0./s1. The van der Waals surface area contributed by atoms with Crippen molar-refractivity contribution >= 4 is 12.4 Å². The molecule has 0 amide bonds. The molecule has 0 aliphatic heterocycles. The van der Waals surface area contributed by atoms with E-state index in [2.05, 4.69) is 31.2 Å². The van der Waals surface area contributed by atoms with Gasteiger partial charge in [-0.2, -0.15) is 0 Å². The largest absolute Gasteiger partial charge is 0.324 e. The van der Waals surface area contributed by atoms with Crippen LogP contribution in [0, 0.1) is 5.92 Å². The summed E-state index contributed by atoms with van der Waals surface area (Å²) in [6.07, 6.45) is 1.15. The van der Waals surface area contributed by atoms with E-state index in [1.807, 2.05) is 0 Å². The fourth-order valence-corrected chi connectivity index (χ4v) is 1.83. The second kappa shape index (κ2) is 3.46. The minimum Gasteiger partial charge on any atom is -0.324 e. The highest BCUT2D eigenvalue weighted by Crippen LogP contribution is 2.33. The van der Waals surface area contributed by atoms with Gasteiger partial charge >= 0.3 is 0 Å². The molecule has 0 aromatic heterocycles. The zero-order valence-electron chi connectivity index (χ0n) is 7.16. The van der Waals surface area contributed by atoms with Crippen LogP contribution in [0.25, 0.3) is 0 Å². The van der Waals surface area contributed by atoms with Gasteiger partial charge in [0.05, 0.1) is 0 Å². The summed E-state index contributed by atoms with van der Waals surface area (Å²) in [5.74, 6) is 0.618. The highest BCUT2D eigenvalue weighted by Gasteiger charge is 2.24. The van der Waals surface area contributed by atoms with Gasteiger partial charge in [0.25, 0.3) is 0 Å². The molecule has 1 unspecified atom stereocenters. The number of benzene rings is 1. The van der Waals surface area contributed by atoms with Crippen LogP contribution >= 0.6 is 12.4 Å². The van der Waals surface area contributed by atoms with E-state index >= 15 is 0 Å². The molecule has 1 nitrogen and oxygen atoms in total. The molecule has 1 aliphatic rings. The first-order chi connectivity index (χ1) is 5.29. The molecule has 0 saturated carbocycles. The molecule has 0 spiro atoms. The lowest BCUT2D eigenvalue weighted by Gasteiger charge is -2.08. The fraction of sp³-hybridized carbons (Fsp3) is 0.400. The van der Waals surface area contributed by atoms with Crippen molar-refractivity contribution in [2.75, 3.05) is 0 Å². The van der Waals surface area contributed by atoms with Crippen LogP contribution in [0.5, 0.6) is 0 Å². The lowest BCUT2D eigenvalue weighted by molar-refractivity contribution is 0.513. The normalized spacial score (nSPS) is 26.2. The first-order valence-corrected chi connectivity index (χ1v) is 4.12. The van der Waals surface area contributed by atoms with E-state index in [0.29, 0.717) is 5.92 Å². The van der Waals surface area contributed by atoms with Crippen LogP contribution in [-0.2, 0) is 6.42 Å². The Bertz CT molecular complexity index is 272. The molecule has 66 valence electrons. The van der Waals surface area contributed by atoms with Crippen LogP contribution in [0.4, 0.5) is 0 Å². The molecule has 0 bridgehead atoms.